The van der Waals surface area contributed by atoms with Crippen LogP contribution in [0.15, 0.2) is 18.3 Å². The lowest BCUT2D eigenvalue weighted by molar-refractivity contribution is 0.102. The lowest BCUT2D eigenvalue weighted by Crippen LogP contribution is -2.15. The molecule has 2 rings (SSSR count). The van der Waals surface area contributed by atoms with Crippen molar-refractivity contribution in [2.24, 2.45) is 0 Å². The molecule has 6 nitrogen and oxygen atoms in total. The Morgan fingerprint density at radius 2 is 1.94 bits per heavy atom. The fourth-order valence-electron chi connectivity index (χ4n) is 1.08. The van der Waals surface area contributed by atoms with Gasteiger partial charge in [0.1, 0.15) is 5.15 Å². The number of aromatic nitrogens is 4. The monoisotopic (exact) mass is 303 g/mol. The minimum absolute atomic E-state index is 0.0523. The van der Waals surface area contributed by atoms with Gasteiger partial charge in [-0.15, -0.1) is 10.2 Å². The second-order valence-electron chi connectivity index (χ2n) is 3.03. The molecule has 2 heterocycles. The molecule has 0 radical (unpaired) electrons. The largest absolute Gasteiger partial charge is 0.290 e. The molecule has 0 saturated heterocycles. The van der Waals surface area contributed by atoms with E-state index in [0.29, 0.717) is 0 Å². The summed E-state index contributed by atoms with van der Waals surface area (Å²) in [5.74, 6) is -0.504. The zero-order valence-electron chi connectivity index (χ0n) is 8.56. The Balaban J connectivity index is 2.24. The molecule has 2 aromatic heterocycles. The van der Waals surface area contributed by atoms with Gasteiger partial charge in [-0.2, -0.15) is 0 Å². The zero-order valence-corrected chi connectivity index (χ0v) is 10.8. The van der Waals surface area contributed by atoms with Crippen molar-refractivity contribution in [3.63, 3.8) is 0 Å². The maximum absolute atomic E-state index is 11.9. The average molecular weight is 305 g/mol. The molecule has 0 aliphatic rings. The van der Waals surface area contributed by atoms with Crippen molar-refractivity contribution in [2.45, 2.75) is 0 Å². The molecule has 1 amide bonds. The predicted octanol–water partition coefficient (Wildman–Crippen LogP) is 2.48. The van der Waals surface area contributed by atoms with E-state index in [9.17, 15) is 4.79 Å². The molecule has 0 fully saturated rings. The van der Waals surface area contributed by atoms with Gasteiger partial charge in [0.05, 0.1) is 5.56 Å². The van der Waals surface area contributed by atoms with Crippen LogP contribution in [-0.2, 0) is 0 Å². The number of hydrogen-bond acceptors (Lipinski definition) is 5. The summed E-state index contributed by atoms with van der Waals surface area (Å²) < 4.78 is 0. The van der Waals surface area contributed by atoms with Gasteiger partial charge in [-0.25, -0.2) is 9.97 Å². The first-order valence-electron chi connectivity index (χ1n) is 4.55. The number of rotatable bonds is 2. The van der Waals surface area contributed by atoms with Crippen LogP contribution in [0.5, 0.6) is 0 Å². The number of amides is 1. The number of hydrogen-bond donors (Lipinski definition) is 1. The molecular formula is C9H4Cl3N5O. The van der Waals surface area contributed by atoms with Crippen molar-refractivity contribution in [1.29, 1.82) is 0 Å². The van der Waals surface area contributed by atoms with E-state index in [0.717, 1.165) is 0 Å². The Kier molecular flexibility index (Phi) is 3.90. The molecule has 0 aromatic carbocycles. The van der Waals surface area contributed by atoms with Crippen LogP contribution < -0.4 is 5.32 Å². The van der Waals surface area contributed by atoms with Gasteiger partial charge < -0.3 is 0 Å². The third kappa shape index (κ3) is 3.04. The maximum Gasteiger partial charge on any atom is 0.261 e. The van der Waals surface area contributed by atoms with Crippen LogP contribution in [0.2, 0.25) is 15.5 Å². The molecule has 2 aromatic rings. The molecule has 0 aliphatic carbocycles. The Labute approximate surface area is 116 Å². The van der Waals surface area contributed by atoms with Crippen molar-refractivity contribution < 1.29 is 4.79 Å². The standard InChI is InChI=1S/C9H4Cl3N5O/c10-5-1-2-13-9(14-5)15-8(18)4-3-6(11)16-17-7(4)12/h1-3H,(H,13,14,15,18). The van der Waals surface area contributed by atoms with E-state index < -0.39 is 5.91 Å². The summed E-state index contributed by atoms with van der Waals surface area (Å²) in [7, 11) is 0. The van der Waals surface area contributed by atoms with Gasteiger partial charge in [0, 0.05) is 6.20 Å². The van der Waals surface area contributed by atoms with E-state index in [1.54, 1.807) is 0 Å². The first kappa shape index (κ1) is 12.9. The summed E-state index contributed by atoms with van der Waals surface area (Å²) >= 11 is 17.0. The molecule has 0 aliphatic heterocycles. The lowest BCUT2D eigenvalue weighted by atomic mass is 10.3. The minimum Gasteiger partial charge on any atom is -0.290 e. The molecular weight excluding hydrogens is 300 g/mol. The molecule has 0 saturated carbocycles. The van der Waals surface area contributed by atoms with Crippen LogP contribution in [-0.4, -0.2) is 26.1 Å². The predicted molar refractivity (Wildman–Crippen MR) is 67.0 cm³/mol. The summed E-state index contributed by atoms with van der Waals surface area (Å²) in [5, 5.41) is 9.61. The third-order valence-electron chi connectivity index (χ3n) is 1.81. The molecule has 92 valence electrons. The number of nitrogens with zero attached hydrogens (tertiary/aromatic N) is 4. The summed E-state index contributed by atoms with van der Waals surface area (Å²) in [6.07, 6.45) is 1.41. The van der Waals surface area contributed by atoms with Gasteiger partial charge in [0.25, 0.3) is 5.91 Å². The maximum atomic E-state index is 11.9. The molecule has 0 unspecified atom stereocenters. The van der Waals surface area contributed by atoms with E-state index in [4.69, 9.17) is 34.8 Å². The zero-order chi connectivity index (χ0) is 13.1. The first-order chi connectivity index (χ1) is 8.56. The highest BCUT2D eigenvalue weighted by molar-refractivity contribution is 6.34. The second-order valence-corrected chi connectivity index (χ2v) is 4.16. The van der Waals surface area contributed by atoms with Crippen molar-refractivity contribution >= 4 is 46.7 Å². The normalized spacial score (nSPS) is 10.2. The number of halogens is 3. The van der Waals surface area contributed by atoms with Crippen molar-refractivity contribution in [3.8, 4) is 0 Å². The van der Waals surface area contributed by atoms with Crippen LogP contribution in [0, 0.1) is 0 Å². The van der Waals surface area contributed by atoms with E-state index in [1.807, 2.05) is 0 Å². The van der Waals surface area contributed by atoms with Crippen LogP contribution >= 0.6 is 34.8 Å². The van der Waals surface area contributed by atoms with Crippen LogP contribution in [0.25, 0.3) is 0 Å². The summed E-state index contributed by atoms with van der Waals surface area (Å²) in [5.41, 5.74) is 0.0697. The van der Waals surface area contributed by atoms with Gasteiger partial charge >= 0.3 is 0 Å². The highest BCUT2D eigenvalue weighted by Gasteiger charge is 2.14. The summed E-state index contributed by atoms with van der Waals surface area (Å²) in [4.78, 5) is 19.5. The SMILES string of the molecule is O=C(Nc1nccc(Cl)n1)c1cc(Cl)nnc1Cl. The van der Waals surface area contributed by atoms with Crippen molar-refractivity contribution in [1.82, 2.24) is 20.2 Å². The third-order valence-corrected chi connectivity index (χ3v) is 2.48. The molecule has 9 heteroatoms. The van der Waals surface area contributed by atoms with Crippen LogP contribution in [0.4, 0.5) is 5.95 Å². The van der Waals surface area contributed by atoms with E-state index in [1.165, 1.54) is 18.3 Å². The lowest BCUT2D eigenvalue weighted by Gasteiger charge is -2.04. The van der Waals surface area contributed by atoms with E-state index in [-0.39, 0.29) is 27.0 Å². The smallest absolute Gasteiger partial charge is 0.261 e. The quantitative estimate of drug-likeness (QED) is 0.862. The molecule has 0 atom stereocenters. The van der Waals surface area contributed by atoms with Gasteiger partial charge in [-0.05, 0) is 12.1 Å². The number of carbonyl (C=O) groups is 1. The van der Waals surface area contributed by atoms with Gasteiger partial charge in [-0.3, -0.25) is 10.1 Å². The van der Waals surface area contributed by atoms with E-state index >= 15 is 0 Å². The second kappa shape index (κ2) is 5.43. The Morgan fingerprint density at radius 1 is 1.17 bits per heavy atom. The summed E-state index contributed by atoms with van der Waals surface area (Å²) in [6, 6.07) is 2.77. The molecule has 1 N–H and O–H groups in total. The van der Waals surface area contributed by atoms with E-state index in [2.05, 4.69) is 25.5 Å². The Bertz CT molecular complexity index is 607. The minimum atomic E-state index is -0.556. The molecule has 0 bridgehead atoms. The molecule has 18 heavy (non-hydrogen) atoms. The van der Waals surface area contributed by atoms with Gasteiger partial charge in [-0.1, -0.05) is 34.8 Å². The number of anilines is 1. The Morgan fingerprint density at radius 3 is 2.67 bits per heavy atom. The molecule has 0 spiro atoms. The van der Waals surface area contributed by atoms with Crippen LogP contribution in [0.3, 0.4) is 0 Å². The highest BCUT2D eigenvalue weighted by Crippen LogP contribution is 2.16. The fourth-order valence-corrected chi connectivity index (χ4v) is 1.54. The van der Waals surface area contributed by atoms with Crippen LogP contribution in [0.1, 0.15) is 10.4 Å². The topological polar surface area (TPSA) is 80.7 Å². The first-order valence-corrected chi connectivity index (χ1v) is 5.68. The number of nitrogens with one attached hydrogen (secondary N) is 1. The summed E-state index contributed by atoms with van der Waals surface area (Å²) in [6.45, 7) is 0. The average Bonchev–Trinajstić information content (AvgIpc) is 2.32. The Hall–Kier alpha value is -1.50. The van der Waals surface area contributed by atoms with Crippen molar-refractivity contribution in [3.05, 3.63) is 39.4 Å². The fraction of sp³-hybridized carbons (Fsp3) is 0. The highest BCUT2D eigenvalue weighted by atomic mass is 35.5. The number of carbonyl (C=O) groups excluding carboxylic acids is 1. The van der Waals surface area contributed by atoms with Gasteiger partial charge in [0.15, 0.2) is 10.3 Å². The van der Waals surface area contributed by atoms with Crippen molar-refractivity contribution in [2.75, 3.05) is 5.32 Å². The van der Waals surface area contributed by atoms with Gasteiger partial charge in [0.2, 0.25) is 5.95 Å².